The van der Waals surface area contributed by atoms with E-state index in [2.05, 4.69) is 4.72 Å². The minimum Gasteiger partial charge on any atom is -0.493 e. The summed E-state index contributed by atoms with van der Waals surface area (Å²) in [6.45, 7) is 0.531. The van der Waals surface area contributed by atoms with Crippen LogP contribution in [0.4, 0.5) is 0 Å². The van der Waals surface area contributed by atoms with Gasteiger partial charge in [-0.3, -0.25) is 0 Å². The van der Waals surface area contributed by atoms with Gasteiger partial charge in [-0.1, -0.05) is 0 Å². The third-order valence-electron chi connectivity index (χ3n) is 2.66. The van der Waals surface area contributed by atoms with Crippen molar-refractivity contribution in [3.63, 3.8) is 0 Å². The maximum Gasteiger partial charge on any atom is 0.240 e. The normalized spacial score (nSPS) is 11.4. The number of benzene rings is 1. The van der Waals surface area contributed by atoms with Gasteiger partial charge in [0.1, 0.15) is 0 Å². The maximum absolute atomic E-state index is 12.2. The molecule has 0 amide bonds. The molecule has 114 valence electrons. The number of hydrogen-bond acceptors (Lipinski definition) is 6. The van der Waals surface area contributed by atoms with Gasteiger partial charge in [-0.2, -0.15) is 11.8 Å². The molecule has 8 heteroatoms. The Morgan fingerprint density at radius 1 is 1.30 bits per heavy atom. The van der Waals surface area contributed by atoms with Gasteiger partial charge in [-0.15, -0.1) is 0 Å². The van der Waals surface area contributed by atoms with Gasteiger partial charge in [-0.05, 0) is 12.3 Å². The van der Waals surface area contributed by atoms with Gasteiger partial charge in [0, 0.05) is 30.5 Å². The number of nitrogens with one attached hydrogen (secondary N) is 1. The number of thioether (sulfide) groups is 1. The van der Waals surface area contributed by atoms with Gasteiger partial charge in [0.15, 0.2) is 11.5 Å². The lowest BCUT2D eigenvalue weighted by Crippen LogP contribution is -2.26. The summed E-state index contributed by atoms with van der Waals surface area (Å²) in [5, 5.41) is 0. The van der Waals surface area contributed by atoms with E-state index in [9.17, 15) is 8.42 Å². The molecule has 0 unspecified atom stereocenters. The van der Waals surface area contributed by atoms with Crippen LogP contribution in [0.5, 0.6) is 11.5 Å². The predicted octanol–water partition coefficient (Wildman–Crippen LogP) is 0.804. The molecule has 0 spiro atoms. The van der Waals surface area contributed by atoms with E-state index in [0.29, 0.717) is 29.4 Å². The van der Waals surface area contributed by atoms with Crippen molar-refractivity contribution in [1.82, 2.24) is 4.72 Å². The molecule has 0 aliphatic carbocycles. The largest absolute Gasteiger partial charge is 0.493 e. The Labute approximate surface area is 124 Å². The standard InChI is InChI=1S/C12H20N2O4S2/c1-17-11-7-10(6-9(8-13)12(11)18-2)20(15,16)14-4-5-19-3/h6-7,14H,4-5,8,13H2,1-3H3. The summed E-state index contributed by atoms with van der Waals surface area (Å²) in [7, 11) is -0.635. The SMILES string of the molecule is COc1cc(S(=O)(=O)NCCSC)cc(CN)c1OC. The van der Waals surface area contributed by atoms with Crippen LogP contribution in [0.25, 0.3) is 0 Å². The van der Waals surface area contributed by atoms with Crippen molar-refractivity contribution in [2.45, 2.75) is 11.4 Å². The van der Waals surface area contributed by atoms with Crippen LogP contribution in [0.15, 0.2) is 17.0 Å². The molecular formula is C12H20N2O4S2. The molecule has 0 aliphatic heterocycles. The highest BCUT2D eigenvalue weighted by molar-refractivity contribution is 7.98. The van der Waals surface area contributed by atoms with E-state index in [1.807, 2.05) is 6.26 Å². The Kier molecular flexibility index (Phi) is 6.60. The zero-order valence-corrected chi connectivity index (χ0v) is 13.4. The molecule has 0 bridgehead atoms. The third-order valence-corrected chi connectivity index (χ3v) is 4.71. The molecule has 0 heterocycles. The number of methoxy groups -OCH3 is 2. The van der Waals surface area contributed by atoms with Crippen molar-refractivity contribution in [2.75, 3.05) is 32.8 Å². The first-order valence-corrected chi connectivity index (χ1v) is 8.81. The molecule has 0 aliphatic rings. The van der Waals surface area contributed by atoms with Gasteiger partial charge >= 0.3 is 0 Å². The first kappa shape index (κ1) is 17.1. The zero-order valence-electron chi connectivity index (χ0n) is 11.8. The number of hydrogen-bond donors (Lipinski definition) is 2. The quantitative estimate of drug-likeness (QED) is 0.689. The van der Waals surface area contributed by atoms with E-state index in [1.165, 1.54) is 26.4 Å². The van der Waals surface area contributed by atoms with Crippen molar-refractivity contribution < 1.29 is 17.9 Å². The number of rotatable bonds is 8. The number of ether oxygens (including phenoxy) is 2. The smallest absolute Gasteiger partial charge is 0.240 e. The highest BCUT2D eigenvalue weighted by Gasteiger charge is 2.19. The Hall–Kier alpha value is -0.960. The van der Waals surface area contributed by atoms with Crippen molar-refractivity contribution in [1.29, 1.82) is 0 Å². The second-order valence-electron chi connectivity index (χ2n) is 3.91. The predicted molar refractivity (Wildman–Crippen MR) is 81.0 cm³/mol. The Morgan fingerprint density at radius 2 is 2.00 bits per heavy atom. The van der Waals surface area contributed by atoms with E-state index in [1.54, 1.807) is 11.8 Å². The average Bonchev–Trinajstić information content (AvgIpc) is 2.45. The molecule has 0 saturated heterocycles. The highest BCUT2D eigenvalue weighted by Crippen LogP contribution is 2.33. The van der Waals surface area contributed by atoms with Crippen LogP contribution in [0, 0.1) is 0 Å². The Bertz CT molecular complexity index is 521. The van der Waals surface area contributed by atoms with Gasteiger partial charge in [-0.25, -0.2) is 13.1 Å². The van der Waals surface area contributed by atoms with Crippen molar-refractivity contribution in [2.24, 2.45) is 5.73 Å². The zero-order chi connectivity index (χ0) is 15.2. The third kappa shape index (κ3) is 4.02. The molecule has 0 fully saturated rings. The summed E-state index contributed by atoms with van der Waals surface area (Å²) >= 11 is 1.57. The Morgan fingerprint density at radius 3 is 2.50 bits per heavy atom. The van der Waals surface area contributed by atoms with Crippen LogP contribution in [-0.2, 0) is 16.6 Å². The van der Waals surface area contributed by atoms with Crippen LogP contribution in [0.2, 0.25) is 0 Å². The first-order chi connectivity index (χ1) is 9.50. The van der Waals surface area contributed by atoms with Crippen LogP contribution in [0.1, 0.15) is 5.56 Å². The second-order valence-corrected chi connectivity index (χ2v) is 6.67. The molecule has 3 N–H and O–H groups in total. The molecule has 6 nitrogen and oxygen atoms in total. The number of sulfonamides is 1. The summed E-state index contributed by atoms with van der Waals surface area (Å²) in [4.78, 5) is 0.122. The maximum atomic E-state index is 12.2. The fourth-order valence-corrected chi connectivity index (χ4v) is 3.22. The van der Waals surface area contributed by atoms with Gasteiger partial charge in [0.2, 0.25) is 10.0 Å². The van der Waals surface area contributed by atoms with E-state index in [4.69, 9.17) is 15.2 Å². The summed E-state index contributed by atoms with van der Waals surface area (Å²) in [6.07, 6.45) is 1.91. The molecule has 1 aromatic carbocycles. The highest BCUT2D eigenvalue weighted by atomic mass is 32.2. The minimum atomic E-state index is -3.58. The molecule has 0 aromatic heterocycles. The molecule has 0 radical (unpaired) electrons. The number of nitrogens with two attached hydrogens (primary N) is 1. The summed E-state index contributed by atoms with van der Waals surface area (Å²) in [5.41, 5.74) is 6.21. The molecule has 0 atom stereocenters. The summed E-state index contributed by atoms with van der Waals surface area (Å²) < 4.78 is 37.3. The minimum absolute atomic E-state index is 0.122. The van der Waals surface area contributed by atoms with Crippen molar-refractivity contribution in [3.8, 4) is 11.5 Å². The van der Waals surface area contributed by atoms with Crippen LogP contribution in [0.3, 0.4) is 0 Å². The molecule has 0 saturated carbocycles. The summed E-state index contributed by atoms with van der Waals surface area (Å²) in [5.74, 6) is 1.51. The van der Waals surface area contributed by atoms with Crippen LogP contribution in [-0.4, -0.2) is 41.2 Å². The van der Waals surface area contributed by atoms with Crippen LogP contribution >= 0.6 is 11.8 Å². The second kappa shape index (κ2) is 7.72. The topological polar surface area (TPSA) is 90.7 Å². The summed E-state index contributed by atoms with van der Waals surface area (Å²) in [6, 6.07) is 2.93. The first-order valence-electron chi connectivity index (χ1n) is 5.93. The van der Waals surface area contributed by atoms with Gasteiger partial charge in [0.05, 0.1) is 19.1 Å². The molecular weight excluding hydrogens is 300 g/mol. The van der Waals surface area contributed by atoms with Gasteiger partial charge < -0.3 is 15.2 Å². The lowest BCUT2D eigenvalue weighted by molar-refractivity contribution is 0.350. The average molecular weight is 320 g/mol. The van der Waals surface area contributed by atoms with Crippen LogP contribution < -0.4 is 19.9 Å². The molecule has 1 rings (SSSR count). The monoisotopic (exact) mass is 320 g/mol. The fraction of sp³-hybridized carbons (Fsp3) is 0.500. The Balaban J connectivity index is 3.18. The lowest BCUT2D eigenvalue weighted by Gasteiger charge is -2.14. The van der Waals surface area contributed by atoms with Crippen molar-refractivity contribution >= 4 is 21.8 Å². The fourth-order valence-electron chi connectivity index (χ4n) is 1.68. The lowest BCUT2D eigenvalue weighted by atomic mass is 10.2. The van der Waals surface area contributed by atoms with E-state index in [-0.39, 0.29) is 11.4 Å². The molecule has 1 aromatic rings. The van der Waals surface area contributed by atoms with Gasteiger partial charge in [0.25, 0.3) is 0 Å². The van der Waals surface area contributed by atoms with Crippen molar-refractivity contribution in [3.05, 3.63) is 17.7 Å². The van der Waals surface area contributed by atoms with E-state index >= 15 is 0 Å². The van der Waals surface area contributed by atoms with E-state index < -0.39 is 10.0 Å². The van der Waals surface area contributed by atoms with E-state index in [0.717, 1.165) is 0 Å². The molecule has 20 heavy (non-hydrogen) atoms.